The molecule has 0 aromatic heterocycles. The number of ketones is 1. The molecule has 0 aliphatic heterocycles. The number of hydrogen-bond donors (Lipinski definition) is 1. The third kappa shape index (κ3) is 1.26. The smallest absolute Gasteiger partial charge is 0.169 e. The maximum atomic E-state index is 11.8. The summed E-state index contributed by atoms with van der Waals surface area (Å²) in [5.41, 5.74) is 3.07. The highest BCUT2D eigenvalue weighted by molar-refractivity contribution is 6.02. The van der Waals surface area contributed by atoms with E-state index in [0.29, 0.717) is 6.42 Å². The monoisotopic (exact) mass is 190 g/mol. The van der Waals surface area contributed by atoms with Gasteiger partial charge in [0.15, 0.2) is 5.78 Å². The Morgan fingerprint density at radius 3 is 2.79 bits per heavy atom. The van der Waals surface area contributed by atoms with Gasteiger partial charge in [-0.05, 0) is 31.4 Å². The first-order valence-electron chi connectivity index (χ1n) is 4.92. The Hall–Kier alpha value is -1.15. The number of carbonyl (C=O) groups excluding carboxylic acids is 1. The van der Waals surface area contributed by atoms with Crippen molar-refractivity contribution in [3.8, 4) is 0 Å². The lowest BCUT2D eigenvalue weighted by molar-refractivity contribution is 0.0758. The average Bonchev–Trinajstić information content (AvgIpc) is 2.46. The SMILES string of the molecule is Cc1cccc2c1CC(C(C)O)C2=O. The molecule has 0 saturated carbocycles. The van der Waals surface area contributed by atoms with Crippen LogP contribution in [0.4, 0.5) is 0 Å². The van der Waals surface area contributed by atoms with Gasteiger partial charge in [0, 0.05) is 5.56 Å². The highest BCUT2D eigenvalue weighted by atomic mass is 16.3. The van der Waals surface area contributed by atoms with E-state index in [1.54, 1.807) is 6.92 Å². The van der Waals surface area contributed by atoms with Crippen LogP contribution in [0, 0.1) is 12.8 Å². The van der Waals surface area contributed by atoms with E-state index < -0.39 is 6.10 Å². The molecule has 2 heteroatoms. The van der Waals surface area contributed by atoms with Gasteiger partial charge in [0.25, 0.3) is 0 Å². The molecule has 0 radical (unpaired) electrons. The van der Waals surface area contributed by atoms with Gasteiger partial charge in [-0.25, -0.2) is 0 Å². The Kier molecular flexibility index (Phi) is 2.16. The van der Waals surface area contributed by atoms with E-state index in [-0.39, 0.29) is 11.7 Å². The summed E-state index contributed by atoms with van der Waals surface area (Å²) in [7, 11) is 0. The topological polar surface area (TPSA) is 37.3 Å². The zero-order chi connectivity index (χ0) is 10.3. The summed E-state index contributed by atoms with van der Waals surface area (Å²) in [6.45, 7) is 3.69. The summed E-state index contributed by atoms with van der Waals surface area (Å²) in [5, 5.41) is 9.46. The molecule has 2 nitrogen and oxygen atoms in total. The Balaban J connectivity index is 2.45. The van der Waals surface area contributed by atoms with E-state index in [9.17, 15) is 9.90 Å². The van der Waals surface area contributed by atoms with Crippen LogP contribution >= 0.6 is 0 Å². The van der Waals surface area contributed by atoms with Crippen LogP contribution in [0.15, 0.2) is 18.2 Å². The van der Waals surface area contributed by atoms with Crippen molar-refractivity contribution in [3.63, 3.8) is 0 Å². The van der Waals surface area contributed by atoms with Crippen LogP contribution in [0.3, 0.4) is 0 Å². The fraction of sp³-hybridized carbons (Fsp3) is 0.417. The average molecular weight is 190 g/mol. The van der Waals surface area contributed by atoms with Crippen LogP contribution in [0.5, 0.6) is 0 Å². The minimum absolute atomic E-state index is 0.0960. The number of carbonyl (C=O) groups is 1. The Morgan fingerprint density at radius 1 is 1.50 bits per heavy atom. The van der Waals surface area contributed by atoms with Gasteiger partial charge in [-0.15, -0.1) is 0 Å². The van der Waals surface area contributed by atoms with Gasteiger partial charge in [-0.2, -0.15) is 0 Å². The summed E-state index contributed by atoms with van der Waals surface area (Å²) in [6, 6.07) is 5.76. The number of rotatable bonds is 1. The second-order valence-corrected chi connectivity index (χ2v) is 4.02. The molecule has 2 atom stereocenters. The molecular formula is C12H14O2. The summed E-state index contributed by atoms with van der Waals surface area (Å²) in [4.78, 5) is 11.8. The van der Waals surface area contributed by atoms with Crippen molar-refractivity contribution in [2.45, 2.75) is 26.4 Å². The van der Waals surface area contributed by atoms with Crippen molar-refractivity contribution in [1.82, 2.24) is 0 Å². The lowest BCUT2D eigenvalue weighted by atomic mass is 9.99. The van der Waals surface area contributed by atoms with Crippen LogP contribution in [-0.4, -0.2) is 17.0 Å². The first-order valence-corrected chi connectivity index (χ1v) is 4.92. The number of aliphatic hydroxyl groups is 1. The normalized spacial score (nSPS) is 22.2. The predicted octanol–water partition coefficient (Wildman–Crippen LogP) is 1.73. The van der Waals surface area contributed by atoms with Gasteiger partial charge in [-0.3, -0.25) is 4.79 Å². The van der Waals surface area contributed by atoms with Crippen molar-refractivity contribution in [2.24, 2.45) is 5.92 Å². The van der Waals surface area contributed by atoms with E-state index in [4.69, 9.17) is 0 Å². The molecule has 0 spiro atoms. The Morgan fingerprint density at radius 2 is 2.21 bits per heavy atom. The zero-order valence-corrected chi connectivity index (χ0v) is 8.45. The summed E-state index contributed by atoms with van der Waals surface area (Å²) in [6.07, 6.45) is 0.146. The molecule has 2 unspecified atom stereocenters. The second kappa shape index (κ2) is 3.21. The molecule has 0 bridgehead atoms. The molecule has 1 aromatic rings. The van der Waals surface area contributed by atoms with E-state index in [0.717, 1.165) is 16.7 Å². The van der Waals surface area contributed by atoms with Gasteiger partial charge in [0.1, 0.15) is 0 Å². The first kappa shape index (κ1) is 9.41. The van der Waals surface area contributed by atoms with Gasteiger partial charge in [0.2, 0.25) is 0 Å². The number of aliphatic hydroxyl groups excluding tert-OH is 1. The van der Waals surface area contributed by atoms with Gasteiger partial charge in [-0.1, -0.05) is 18.2 Å². The maximum Gasteiger partial charge on any atom is 0.169 e. The Bertz CT molecular complexity index is 380. The number of hydrogen-bond acceptors (Lipinski definition) is 2. The molecule has 1 aliphatic rings. The third-order valence-corrected chi connectivity index (χ3v) is 3.02. The van der Waals surface area contributed by atoms with E-state index in [1.807, 2.05) is 25.1 Å². The van der Waals surface area contributed by atoms with E-state index in [2.05, 4.69) is 0 Å². The van der Waals surface area contributed by atoms with Crippen molar-refractivity contribution in [3.05, 3.63) is 34.9 Å². The van der Waals surface area contributed by atoms with Gasteiger partial charge >= 0.3 is 0 Å². The number of Topliss-reactive ketones (excluding diaryl/α,β-unsaturated/α-hetero) is 1. The summed E-state index contributed by atoms with van der Waals surface area (Å²) >= 11 is 0. The van der Waals surface area contributed by atoms with Crippen molar-refractivity contribution in [1.29, 1.82) is 0 Å². The molecule has 0 heterocycles. The largest absolute Gasteiger partial charge is 0.393 e. The van der Waals surface area contributed by atoms with E-state index in [1.165, 1.54) is 0 Å². The molecule has 0 fully saturated rings. The standard InChI is InChI=1S/C12H14O2/c1-7-4-3-5-9-10(7)6-11(8(2)13)12(9)14/h3-5,8,11,13H,6H2,1-2H3. The minimum Gasteiger partial charge on any atom is -0.393 e. The van der Waals surface area contributed by atoms with Gasteiger partial charge < -0.3 is 5.11 Å². The quantitative estimate of drug-likeness (QED) is 0.732. The number of fused-ring (bicyclic) bond motifs is 1. The zero-order valence-electron chi connectivity index (χ0n) is 8.45. The molecule has 14 heavy (non-hydrogen) atoms. The maximum absolute atomic E-state index is 11.8. The fourth-order valence-electron chi connectivity index (χ4n) is 2.11. The van der Waals surface area contributed by atoms with Crippen LogP contribution in [0.25, 0.3) is 0 Å². The highest BCUT2D eigenvalue weighted by Crippen LogP contribution is 2.30. The van der Waals surface area contributed by atoms with Gasteiger partial charge in [0.05, 0.1) is 12.0 Å². The van der Waals surface area contributed by atoms with Crippen molar-refractivity contribution >= 4 is 5.78 Å². The molecule has 0 saturated heterocycles. The molecule has 1 aromatic carbocycles. The van der Waals surface area contributed by atoms with Crippen molar-refractivity contribution < 1.29 is 9.90 Å². The molecule has 74 valence electrons. The fourth-order valence-corrected chi connectivity index (χ4v) is 2.11. The number of aryl methyl sites for hydroxylation is 1. The first-order chi connectivity index (χ1) is 6.61. The van der Waals surface area contributed by atoms with Crippen LogP contribution in [-0.2, 0) is 6.42 Å². The minimum atomic E-state index is -0.547. The molecule has 1 aliphatic carbocycles. The van der Waals surface area contributed by atoms with Crippen LogP contribution < -0.4 is 0 Å². The van der Waals surface area contributed by atoms with Crippen LogP contribution in [0.2, 0.25) is 0 Å². The lowest BCUT2D eigenvalue weighted by Gasteiger charge is -2.10. The molecule has 0 amide bonds. The molecule has 2 rings (SSSR count). The highest BCUT2D eigenvalue weighted by Gasteiger charge is 2.33. The second-order valence-electron chi connectivity index (χ2n) is 4.02. The predicted molar refractivity (Wildman–Crippen MR) is 54.4 cm³/mol. The number of benzene rings is 1. The molecule has 1 N–H and O–H groups in total. The third-order valence-electron chi connectivity index (χ3n) is 3.02. The van der Waals surface area contributed by atoms with Crippen LogP contribution in [0.1, 0.15) is 28.4 Å². The summed E-state index contributed by atoms with van der Waals surface area (Å²) < 4.78 is 0. The van der Waals surface area contributed by atoms with E-state index >= 15 is 0 Å². The summed E-state index contributed by atoms with van der Waals surface area (Å²) in [5.74, 6) is -0.134. The molecular weight excluding hydrogens is 176 g/mol. The van der Waals surface area contributed by atoms with Crippen molar-refractivity contribution in [2.75, 3.05) is 0 Å². The Labute approximate surface area is 83.6 Å². The lowest BCUT2D eigenvalue weighted by Crippen LogP contribution is -2.22.